The molecule has 1 unspecified atom stereocenters. The van der Waals surface area contributed by atoms with Gasteiger partial charge < -0.3 is 5.32 Å². The Bertz CT molecular complexity index is 534. The van der Waals surface area contributed by atoms with Gasteiger partial charge in [-0.05, 0) is 5.92 Å². The average Bonchev–Trinajstić information content (AvgIpc) is 2.64. The largest absolute Gasteiger partial charge is 0.316 e. The van der Waals surface area contributed by atoms with Crippen molar-refractivity contribution in [1.29, 1.82) is 0 Å². The van der Waals surface area contributed by atoms with Crippen LogP contribution in [0.5, 0.6) is 0 Å². The van der Waals surface area contributed by atoms with E-state index >= 15 is 0 Å². The first-order chi connectivity index (χ1) is 7.77. The predicted octanol–water partition coefficient (Wildman–Crippen LogP) is 1.63. The molecule has 0 spiro atoms. The van der Waals surface area contributed by atoms with Crippen LogP contribution < -0.4 is 5.32 Å². The van der Waals surface area contributed by atoms with Gasteiger partial charge in [0, 0.05) is 31.1 Å². The van der Waals surface area contributed by atoms with Gasteiger partial charge in [0.1, 0.15) is 5.15 Å². The molecule has 0 aliphatic carbocycles. The van der Waals surface area contributed by atoms with E-state index < -0.39 is 0 Å². The summed E-state index contributed by atoms with van der Waals surface area (Å²) >= 11 is 6.40. The molecule has 0 saturated heterocycles. The van der Waals surface area contributed by atoms with Gasteiger partial charge in [-0.25, -0.2) is 9.50 Å². The standard InChI is InChI=1S/C11H13ClN4/c1-7-6-13-4-2-8-10(7)11(12)16-9(15-8)3-5-14-16/h3,5,7,13H,2,4,6H2,1H3. The molecular weight excluding hydrogens is 224 g/mol. The monoisotopic (exact) mass is 236 g/mol. The highest BCUT2D eigenvalue weighted by molar-refractivity contribution is 6.30. The first kappa shape index (κ1) is 10.1. The fraction of sp³-hybridized carbons (Fsp3) is 0.455. The zero-order valence-electron chi connectivity index (χ0n) is 9.07. The highest BCUT2D eigenvalue weighted by Gasteiger charge is 2.21. The van der Waals surface area contributed by atoms with Crippen LogP contribution >= 0.6 is 11.6 Å². The Morgan fingerprint density at radius 1 is 1.56 bits per heavy atom. The van der Waals surface area contributed by atoms with Crippen molar-refractivity contribution in [2.75, 3.05) is 13.1 Å². The molecule has 1 aliphatic rings. The number of fused-ring (bicyclic) bond motifs is 2. The summed E-state index contributed by atoms with van der Waals surface area (Å²) in [5.74, 6) is 0.381. The van der Waals surface area contributed by atoms with E-state index in [4.69, 9.17) is 11.6 Å². The highest BCUT2D eigenvalue weighted by atomic mass is 35.5. The summed E-state index contributed by atoms with van der Waals surface area (Å²) in [5, 5.41) is 8.29. The Balaban J connectivity index is 2.30. The molecule has 0 radical (unpaired) electrons. The van der Waals surface area contributed by atoms with Crippen LogP contribution in [0.1, 0.15) is 24.1 Å². The summed E-state index contributed by atoms with van der Waals surface area (Å²) in [7, 11) is 0. The lowest BCUT2D eigenvalue weighted by Crippen LogP contribution is -2.18. The van der Waals surface area contributed by atoms with Crippen LogP contribution in [0.25, 0.3) is 5.65 Å². The zero-order valence-corrected chi connectivity index (χ0v) is 9.83. The second-order valence-corrected chi connectivity index (χ2v) is 4.58. The molecule has 1 N–H and O–H groups in total. The van der Waals surface area contributed by atoms with Crippen LogP contribution in [0.2, 0.25) is 5.15 Å². The van der Waals surface area contributed by atoms with Crippen molar-refractivity contribution in [3.05, 3.63) is 28.7 Å². The van der Waals surface area contributed by atoms with E-state index in [0.29, 0.717) is 11.1 Å². The molecule has 0 bridgehead atoms. The van der Waals surface area contributed by atoms with Crippen molar-refractivity contribution in [3.8, 4) is 0 Å². The van der Waals surface area contributed by atoms with E-state index in [1.54, 1.807) is 10.7 Å². The first-order valence-corrected chi connectivity index (χ1v) is 5.88. The van der Waals surface area contributed by atoms with E-state index in [1.807, 2.05) is 6.07 Å². The summed E-state index contributed by atoms with van der Waals surface area (Å²) in [5.41, 5.74) is 3.08. The summed E-state index contributed by atoms with van der Waals surface area (Å²) in [6.07, 6.45) is 2.66. The lowest BCUT2D eigenvalue weighted by molar-refractivity contribution is 0.642. The normalized spacial score (nSPS) is 20.8. The van der Waals surface area contributed by atoms with Crippen LogP contribution in [-0.4, -0.2) is 27.7 Å². The van der Waals surface area contributed by atoms with Gasteiger partial charge in [0.2, 0.25) is 0 Å². The van der Waals surface area contributed by atoms with Crippen molar-refractivity contribution in [2.45, 2.75) is 19.3 Å². The maximum atomic E-state index is 6.40. The lowest BCUT2D eigenvalue weighted by atomic mass is 10.0. The quantitative estimate of drug-likeness (QED) is 0.707. The molecule has 3 rings (SSSR count). The number of nitrogens with one attached hydrogen (secondary N) is 1. The van der Waals surface area contributed by atoms with Crippen molar-refractivity contribution >= 4 is 17.2 Å². The number of halogens is 1. The summed E-state index contributed by atoms with van der Waals surface area (Å²) in [6, 6.07) is 1.88. The molecular formula is C11H13ClN4. The molecule has 1 atom stereocenters. The van der Waals surface area contributed by atoms with Gasteiger partial charge in [-0.15, -0.1) is 0 Å². The van der Waals surface area contributed by atoms with E-state index in [0.717, 1.165) is 36.4 Å². The van der Waals surface area contributed by atoms with E-state index in [2.05, 4.69) is 22.3 Å². The van der Waals surface area contributed by atoms with Gasteiger partial charge in [-0.2, -0.15) is 5.10 Å². The second kappa shape index (κ2) is 3.71. The minimum atomic E-state index is 0.381. The summed E-state index contributed by atoms with van der Waals surface area (Å²) < 4.78 is 1.71. The van der Waals surface area contributed by atoms with Crippen molar-refractivity contribution < 1.29 is 0 Å². The Labute approximate surface area is 98.6 Å². The Kier molecular flexibility index (Phi) is 2.33. The predicted molar refractivity (Wildman–Crippen MR) is 63.0 cm³/mol. The van der Waals surface area contributed by atoms with Crippen molar-refractivity contribution in [3.63, 3.8) is 0 Å². The molecule has 84 valence electrons. The van der Waals surface area contributed by atoms with Crippen LogP contribution in [0.3, 0.4) is 0 Å². The minimum Gasteiger partial charge on any atom is -0.316 e. The molecule has 5 heteroatoms. The second-order valence-electron chi connectivity index (χ2n) is 4.22. The smallest absolute Gasteiger partial charge is 0.156 e. The van der Waals surface area contributed by atoms with Crippen LogP contribution in [0.15, 0.2) is 12.3 Å². The number of rotatable bonds is 0. The van der Waals surface area contributed by atoms with Gasteiger partial charge in [0.25, 0.3) is 0 Å². The molecule has 1 aliphatic heterocycles. The molecule has 2 aromatic heterocycles. The fourth-order valence-corrected chi connectivity index (χ4v) is 2.70. The molecule has 4 nitrogen and oxygen atoms in total. The minimum absolute atomic E-state index is 0.381. The molecule has 3 heterocycles. The third kappa shape index (κ3) is 1.41. The molecule has 0 saturated carbocycles. The van der Waals surface area contributed by atoms with Gasteiger partial charge in [0.05, 0.1) is 11.9 Å². The third-order valence-corrected chi connectivity index (χ3v) is 3.44. The average molecular weight is 237 g/mol. The lowest BCUT2D eigenvalue weighted by Gasteiger charge is -2.14. The van der Waals surface area contributed by atoms with Gasteiger partial charge in [-0.1, -0.05) is 18.5 Å². The van der Waals surface area contributed by atoms with Gasteiger partial charge >= 0.3 is 0 Å². The van der Waals surface area contributed by atoms with Crippen molar-refractivity contribution in [1.82, 2.24) is 19.9 Å². The van der Waals surface area contributed by atoms with E-state index in [9.17, 15) is 0 Å². The third-order valence-electron chi connectivity index (χ3n) is 3.07. The van der Waals surface area contributed by atoms with Crippen LogP contribution in [0.4, 0.5) is 0 Å². The molecule has 0 aromatic carbocycles. The van der Waals surface area contributed by atoms with Crippen LogP contribution in [0, 0.1) is 0 Å². The zero-order chi connectivity index (χ0) is 11.1. The summed E-state index contributed by atoms with van der Waals surface area (Å²) in [4.78, 5) is 4.62. The fourth-order valence-electron chi connectivity index (χ4n) is 2.27. The maximum Gasteiger partial charge on any atom is 0.156 e. The molecule has 0 fully saturated rings. The Morgan fingerprint density at radius 2 is 2.44 bits per heavy atom. The van der Waals surface area contributed by atoms with Crippen molar-refractivity contribution in [2.24, 2.45) is 0 Å². The van der Waals surface area contributed by atoms with E-state index in [1.165, 1.54) is 0 Å². The van der Waals surface area contributed by atoms with Gasteiger partial charge in [0.15, 0.2) is 5.65 Å². The molecule has 2 aromatic rings. The highest BCUT2D eigenvalue weighted by Crippen LogP contribution is 2.28. The SMILES string of the molecule is CC1CNCCc2nc3ccnn3c(Cl)c21. The first-order valence-electron chi connectivity index (χ1n) is 5.50. The molecule has 16 heavy (non-hydrogen) atoms. The molecule has 0 amide bonds. The maximum absolute atomic E-state index is 6.40. The number of hydrogen-bond acceptors (Lipinski definition) is 3. The Morgan fingerprint density at radius 3 is 3.31 bits per heavy atom. The van der Waals surface area contributed by atoms with Gasteiger partial charge in [-0.3, -0.25) is 0 Å². The van der Waals surface area contributed by atoms with E-state index in [-0.39, 0.29) is 0 Å². The number of nitrogens with zero attached hydrogens (tertiary/aromatic N) is 3. The van der Waals surface area contributed by atoms with Crippen LogP contribution in [-0.2, 0) is 6.42 Å². The Hall–Kier alpha value is -1.13. The number of aromatic nitrogens is 3. The summed E-state index contributed by atoms with van der Waals surface area (Å²) in [6.45, 7) is 4.08. The topological polar surface area (TPSA) is 42.2 Å². The number of hydrogen-bond donors (Lipinski definition) is 1.